The van der Waals surface area contributed by atoms with Gasteiger partial charge in [-0.2, -0.15) is 5.10 Å². The highest BCUT2D eigenvalue weighted by Crippen LogP contribution is 2.45. The largest absolute Gasteiger partial charge is 0.490 e. The maximum Gasteiger partial charge on any atom is 0.242 e. The average molecular weight is 499 g/mol. The van der Waals surface area contributed by atoms with Crippen molar-refractivity contribution in [3.05, 3.63) is 57.6 Å². The highest BCUT2D eigenvalue weighted by atomic mass is 35.5. The summed E-state index contributed by atoms with van der Waals surface area (Å²) in [6.07, 6.45) is 1.97. The van der Waals surface area contributed by atoms with Gasteiger partial charge < -0.3 is 9.47 Å². The fourth-order valence-electron chi connectivity index (χ4n) is 2.97. The van der Waals surface area contributed by atoms with E-state index in [1.807, 2.05) is 54.7 Å². The zero-order chi connectivity index (χ0) is 22.3. The van der Waals surface area contributed by atoms with Crippen LogP contribution < -0.4 is 14.9 Å². The first kappa shape index (κ1) is 24.1. The third kappa shape index (κ3) is 7.24. The molecule has 1 N–H and O–H groups in total. The van der Waals surface area contributed by atoms with Crippen LogP contribution in [-0.4, -0.2) is 34.3 Å². The van der Waals surface area contributed by atoms with E-state index in [-0.39, 0.29) is 9.99 Å². The third-order valence-corrected chi connectivity index (χ3v) is 8.24. The van der Waals surface area contributed by atoms with Gasteiger partial charge in [-0.15, -0.1) is 23.5 Å². The van der Waals surface area contributed by atoms with E-state index < -0.39 is 0 Å². The molecule has 0 unspecified atom stereocenters. The average Bonchev–Trinajstić information content (AvgIpc) is 3.14. The van der Waals surface area contributed by atoms with Crippen LogP contribution in [0, 0.1) is 0 Å². The minimum absolute atomic E-state index is 0.0753. The number of hydrazone groups is 1. The van der Waals surface area contributed by atoms with Crippen molar-refractivity contribution in [2.75, 3.05) is 18.1 Å². The second-order valence-corrected chi connectivity index (χ2v) is 11.3. The monoisotopic (exact) mass is 498 g/mol. The number of benzene rings is 2. The van der Waals surface area contributed by atoms with E-state index in [1.54, 1.807) is 18.3 Å². The summed E-state index contributed by atoms with van der Waals surface area (Å²) in [5.41, 5.74) is 4.26. The Morgan fingerprint density at radius 3 is 2.58 bits per heavy atom. The van der Waals surface area contributed by atoms with Crippen LogP contribution in [0.1, 0.15) is 31.4 Å². The molecule has 9 heteroatoms. The first-order chi connectivity index (χ1) is 14.9. The molecule has 0 aromatic heterocycles. The molecule has 0 saturated carbocycles. The fourth-order valence-corrected chi connectivity index (χ4v) is 6.20. The van der Waals surface area contributed by atoms with Gasteiger partial charge in [-0.25, -0.2) is 5.43 Å². The molecule has 0 spiro atoms. The van der Waals surface area contributed by atoms with Crippen LogP contribution in [0.5, 0.6) is 11.5 Å². The van der Waals surface area contributed by atoms with Crippen molar-refractivity contribution in [1.29, 1.82) is 0 Å². The summed E-state index contributed by atoms with van der Waals surface area (Å²) < 4.78 is 11.5. The normalized spacial score (nSPS) is 15.2. The van der Waals surface area contributed by atoms with Crippen LogP contribution in [0.2, 0.25) is 10.0 Å². The Bertz CT molecular complexity index is 933. The van der Waals surface area contributed by atoms with Gasteiger partial charge in [0.1, 0.15) is 6.61 Å². The molecular weight excluding hydrogens is 475 g/mol. The molecule has 1 aliphatic rings. The summed E-state index contributed by atoms with van der Waals surface area (Å²) in [4.78, 5) is 12.2. The Labute approximate surface area is 201 Å². The van der Waals surface area contributed by atoms with E-state index >= 15 is 0 Å². The molecule has 0 aliphatic carbocycles. The zero-order valence-corrected chi connectivity index (χ0v) is 20.5. The van der Waals surface area contributed by atoms with Crippen LogP contribution in [0.3, 0.4) is 0 Å². The molecule has 166 valence electrons. The molecule has 31 heavy (non-hydrogen) atoms. The predicted molar refractivity (Wildman–Crippen MR) is 132 cm³/mol. The van der Waals surface area contributed by atoms with Crippen molar-refractivity contribution in [1.82, 2.24) is 5.43 Å². The van der Waals surface area contributed by atoms with E-state index in [2.05, 4.69) is 17.5 Å². The molecule has 2 aromatic carbocycles. The van der Waals surface area contributed by atoms with E-state index in [0.29, 0.717) is 46.7 Å². The van der Waals surface area contributed by atoms with Gasteiger partial charge in [-0.3, -0.25) is 4.79 Å². The summed E-state index contributed by atoms with van der Waals surface area (Å²) in [7, 11) is 0. The summed E-state index contributed by atoms with van der Waals surface area (Å²) in [5.74, 6) is 3.01. The van der Waals surface area contributed by atoms with E-state index in [0.717, 1.165) is 17.1 Å². The lowest BCUT2D eigenvalue weighted by Crippen LogP contribution is -2.26. The van der Waals surface area contributed by atoms with Gasteiger partial charge in [0.25, 0.3) is 0 Å². The molecule has 1 saturated heterocycles. The van der Waals surface area contributed by atoms with Crippen molar-refractivity contribution in [3.63, 3.8) is 0 Å². The Balaban J connectivity index is 1.65. The number of nitrogens with one attached hydrogen (secondary N) is 1. The smallest absolute Gasteiger partial charge is 0.242 e. The second-order valence-electron chi connectivity index (χ2n) is 6.98. The molecule has 5 nitrogen and oxygen atoms in total. The molecule has 0 atom stereocenters. The number of thioether (sulfide) groups is 2. The first-order valence-corrected chi connectivity index (χ1v) is 12.5. The summed E-state index contributed by atoms with van der Waals surface area (Å²) in [6, 6.07) is 10.9. The van der Waals surface area contributed by atoms with Crippen molar-refractivity contribution >= 4 is 58.8 Å². The molecule has 0 radical (unpaired) electrons. The third-order valence-electron chi connectivity index (χ3n) is 4.41. The molecule has 3 rings (SSSR count). The Hall–Kier alpha value is -1.54. The SMILES string of the molecule is CCOc1cc(/C=N\NC(=O)CC2(C)SCCS2)cc(Cl)c1OCc1ccc(Cl)cc1. The quantitative estimate of drug-likeness (QED) is 0.338. The first-order valence-electron chi connectivity index (χ1n) is 9.82. The lowest BCUT2D eigenvalue weighted by atomic mass is 10.2. The highest BCUT2D eigenvalue weighted by molar-refractivity contribution is 8.21. The van der Waals surface area contributed by atoms with Crippen molar-refractivity contribution in [3.8, 4) is 11.5 Å². The van der Waals surface area contributed by atoms with Crippen LogP contribution in [0.25, 0.3) is 0 Å². The Kier molecular flexibility index (Phi) is 8.84. The number of rotatable bonds is 9. The number of hydrogen-bond donors (Lipinski definition) is 1. The molecule has 2 aromatic rings. The number of ether oxygens (including phenoxy) is 2. The van der Waals surface area contributed by atoms with Gasteiger partial charge in [0.05, 0.1) is 28.3 Å². The number of carbonyl (C=O) groups excluding carboxylic acids is 1. The van der Waals surface area contributed by atoms with Gasteiger partial charge in [0.15, 0.2) is 11.5 Å². The minimum atomic E-state index is -0.111. The molecular formula is C22H24Cl2N2O3S2. The number of amides is 1. The van der Waals surface area contributed by atoms with Gasteiger partial charge in [0, 0.05) is 16.5 Å². The summed E-state index contributed by atoms with van der Waals surface area (Å²) in [6.45, 7) is 4.77. The Morgan fingerprint density at radius 1 is 1.19 bits per heavy atom. The standard InChI is InChI=1S/C22H24Cl2N2O3S2/c1-3-28-19-11-16(13-25-26-20(27)12-22(2)30-8-9-31-22)10-18(24)21(19)29-14-15-4-6-17(23)7-5-15/h4-7,10-11,13H,3,8-9,12,14H2,1-2H3,(H,26,27)/b25-13-. The highest BCUT2D eigenvalue weighted by Gasteiger charge is 2.32. The van der Waals surface area contributed by atoms with E-state index in [1.165, 1.54) is 0 Å². The second kappa shape index (κ2) is 11.4. The van der Waals surface area contributed by atoms with Crippen molar-refractivity contribution in [2.24, 2.45) is 5.10 Å². The molecule has 0 bridgehead atoms. The maximum absolute atomic E-state index is 12.2. The van der Waals surface area contributed by atoms with Gasteiger partial charge in [-0.1, -0.05) is 35.3 Å². The summed E-state index contributed by atoms with van der Waals surface area (Å²) >= 11 is 16.0. The molecule has 1 fully saturated rings. The molecule has 1 aliphatic heterocycles. The van der Waals surface area contributed by atoms with Crippen molar-refractivity contribution < 1.29 is 14.3 Å². The number of nitrogens with zero attached hydrogens (tertiary/aromatic N) is 1. The van der Waals surface area contributed by atoms with Crippen molar-refractivity contribution in [2.45, 2.75) is 31.0 Å². The maximum atomic E-state index is 12.2. The number of halogens is 2. The van der Waals surface area contributed by atoms with Gasteiger partial charge in [0.2, 0.25) is 5.91 Å². The summed E-state index contributed by atoms with van der Waals surface area (Å²) in [5, 5.41) is 5.15. The fraction of sp³-hybridized carbons (Fsp3) is 0.364. The Morgan fingerprint density at radius 2 is 1.90 bits per heavy atom. The van der Waals surface area contributed by atoms with Crippen LogP contribution in [0.4, 0.5) is 0 Å². The van der Waals surface area contributed by atoms with Crippen LogP contribution >= 0.6 is 46.7 Å². The zero-order valence-electron chi connectivity index (χ0n) is 17.3. The number of carbonyl (C=O) groups is 1. The lowest BCUT2D eigenvalue weighted by Gasteiger charge is -2.19. The lowest BCUT2D eigenvalue weighted by molar-refractivity contribution is -0.121. The molecule has 1 heterocycles. The van der Waals surface area contributed by atoms with Gasteiger partial charge >= 0.3 is 0 Å². The van der Waals surface area contributed by atoms with E-state index in [4.69, 9.17) is 32.7 Å². The van der Waals surface area contributed by atoms with E-state index in [9.17, 15) is 4.79 Å². The topological polar surface area (TPSA) is 59.9 Å². The molecule has 1 amide bonds. The number of hydrogen-bond acceptors (Lipinski definition) is 6. The minimum Gasteiger partial charge on any atom is -0.490 e. The van der Waals surface area contributed by atoms with Crippen LogP contribution in [0.15, 0.2) is 41.5 Å². The predicted octanol–water partition coefficient (Wildman–Crippen LogP) is 6.01. The van der Waals surface area contributed by atoms with Crippen LogP contribution in [-0.2, 0) is 11.4 Å². The van der Waals surface area contributed by atoms with Gasteiger partial charge in [-0.05, 0) is 49.2 Å².